The van der Waals surface area contributed by atoms with Gasteiger partial charge < -0.3 is 4.90 Å². The van der Waals surface area contributed by atoms with Crippen LogP contribution in [0.4, 0.5) is 4.39 Å². The Bertz CT molecular complexity index is 612. The summed E-state index contributed by atoms with van der Waals surface area (Å²) in [5.74, 6) is -0.276. The number of amides is 1. The van der Waals surface area contributed by atoms with E-state index in [4.69, 9.17) is 11.6 Å². The zero-order chi connectivity index (χ0) is 15.2. The van der Waals surface area contributed by atoms with Gasteiger partial charge in [-0.3, -0.25) is 4.79 Å². The first-order valence-electron chi connectivity index (χ1n) is 6.85. The number of hydrogen-bond donors (Lipinski definition) is 0. The van der Waals surface area contributed by atoms with Gasteiger partial charge in [0, 0.05) is 18.1 Å². The Hall–Kier alpha value is -1.87. The van der Waals surface area contributed by atoms with Gasteiger partial charge in [0.25, 0.3) is 0 Å². The summed E-state index contributed by atoms with van der Waals surface area (Å²) in [5, 5.41) is 0.662. The molecule has 110 valence electrons. The summed E-state index contributed by atoms with van der Waals surface area (Å²) < 4.78 is 12.9. The first kappa shape index (κ1) is 15.5. The second-order valence-corrected chi connectivity index (χ2v) is 5.28. The van der Waals surface area contributed by atoms with Crippen molar-refractivity contribution < 1.29 is 9.18 Å². The van der Waals surface area contributed by atoms with Crippen LogP contribution in [0, 0.1) is 5.82 Å². The fourth-order valence-corrected chi connectivity index (χ4v) is 2.33. The zero-order valence-corrected chi connectivity index (χ0v) is 12.6. The Balaban J connectivity index is 2.03. The molecule has 2 aromatic rings. The zero-order valence-electron chi connectivity index (χ0n) is 11.9. The highest BCUT2D eigenvalue weighted by molar-refractivity contribution is 6.30. The van der Waals surface area contributed by atoms with E-state index in [0.29, 0.717) is 18.1 Å². The van der Waals surface area contributed by atoms with Crippen LogP contribution in [-0.2, 0) is 17.8 Å². The minimum atomic E-state index is -0.294. The van der Waals surface area contributed by atoms with Gasteiger partial charge in [0.05, 0.1) is 6.42 Å². The van der Waals surface area contributed by atoms with Crippen molar-refractivity contribution in [1.82, 2.24) is 4.90 Å². The minimum absolute atomic E-state index is 0.0177. The summed E-state index contributed by atoms with van der Waals surface area (Å²) in [4.78, 5) is 14.1. The Kier molecular flexibility index (Phi) is 5.34. The molecular weight excluding hydrogens is 289 g/mol. The average Bonchev–Trinajstić information content (AvgIpc) is 2.47. The lowest BCUT2D eigenvalue weighted by Gasteiger charge is -2.21. The Morgan fingerprint density at radius 1 is 1.14 bits per heavy atom. The standard InChI is InChI=1S/C17H17ClFNO/c1-2-20(12-14-4-3-5-15(18)10-14)17(21)11-13-6-8-16(19)9-7-13/h3-10H,2,11-12H2,1H3. The van der Waals surface area contributed by atoms with Crippen LogP contribution in [0.1, 0.15) is 18.1 Å². The lowest BCUT2D eigenvalue weighted by atomic mass is 10.1. The third kappa shape index (κ3) is 4.57. The molecule has 2 nitrogen and oxygen atoms in total. The van der Waals surface area contributed by atoms with Crippen LogP contribution in [0.5, 0.6) is 0 Å². The number of carbonyl (C=O) groups excluding carboxylic acids is 1. The molecule has 2 aromatic carbocycles. The molecule has 0 aromatic heterocycles. The van der Waals surface area contributed by atoms with Crippen LogP contribution in [0.3, 0.4) is 0 Å². The van der Waals surface area contributed by atoms with Crippen molar-refractivity contribution in [2.24, 2.45) is 0 Å². The van der Waals surface area contributed by atoms with Crippen LogP contribution in [-0.4, -0.2) is 17.4 Å². The van der Waals surface area contributed by atoms with E-state index >= 15 is 0 Å². The molecule has 0 saturated heterocycles. The van der Waals surface area contributed by atoms with E-state index in [1.807, 2.05) is 31.2 Å². The fraction of sp³-hybridized carbons (Fsp3) is 0.235. The van der Waals surface area contributed by atoms with Gasteiger partial charge in [-0.2, -0.15) is 0 Å². The van der Waals surface area contributed by atoms with E-state index in [1.54, 1.807) is 17.0 Å². The van der Waals surface area contributed by atoms with Gasteiger partial charge in [-0.15, -0.1) is 0 Å². The number of benzene rings is 2. The molecule has 0 bridgehead atoms. The second-order valence-electron chi connectivity index (χ2n) is 4.84. The number of nitrogens with zero attached hydrogens (tertiary/aromatic N) is 1. The van der Waals surface area contributed by atoms with E-state index in [2.05, 4.69) is 0 Å². The lowest BCUT2D eigenvalue weighted by molar-refractivity contribution is -0.130. The molecule has 0 fully saturated rings. The molecular formula is C17H17ClFNO. The molecule has 1 amide bonds. The van der Waals surface area contributed by atoms with Crippen molar-refractivity contribution in [2.75, 3.05) is 6.54 Å². The van der Waals surface area contributed by atoms with Crippen LogP contribution >= 0.6 is 11.6 Å². The molecule has 0 aliphatic carbocycles. The summed E-state index contributed by atoms with van der Waals surface area (Å²) in [6, 6.07) is 13.5. The van der Waals surface area contributed by atoms with Crippen molar-refractivity contribution in [3.63, 3.8) is 0 Å². The van der Waals surface area contributed by atoms with Gasteiger partial charge in [-0.1, -0.05) is 35.9 Å². The van der Waals surface area contributed by atoms with E-state index in [1.165, 1.54) is 12.1 Å². The van der Waals surface area contributed by atoms with Gasteiger partial charge >= 0.3 is 0 Å². The maximum Gasteiger partial charge on any atom is 0.227 e. The molecule has 0 atom stereocenters. The van der Waals surface area contributed by atoms with Crippen molar-refractivity contribution in [1.29, 1.82) is 0 Å². The van der Waals surface area contributed by atoms with E-state index in [-0.39, 0.29) is 18.1 Å². The number of hydrogen-bond acceptors (Lipinski definition) is 1. The van der Waals surface area contributed by atoms with Gasteiger partial charge in [0.15, 0.2) is 0 Å². The molecule has 0 aliphatic heterocycles. The first-order chi connectivity index (χ1) is 10.1. The predicted octanol–water partition coefficient (Wildman–Crippen LogP) is 4.07. The topological polar surface area (TPSA) is 20.3 Å². The van der Waals surface area contributed by atoms with Gasteiger partial charge in [0.1, 0.15) is 5.82 Å². The van der Waals surface area contributed by atoms with Crippen molar-refractivity contribution in [3.8, 4) is 0 Å². The maximum absolute atomic E-state index is 12.9. The lowest BCUT2D eigenvalue weighted by Crippen LogP contribution is -2.31. The summed E-state index contributed by atoms with van der Waals surface area (Å²) in [6.07, 6.45) is 0.273. The van der Waals surface area contributed by atoms with E-state index < -0.39 is 0 Å². The molecule has 0 N–H and O–H groups in total. The summed E-state index contributed by atoms with van der Waals surface area (Å²) in [6.45, 7) is 3.08. The minimum Gasteiger partial charge on any atom is -0.338 e. The normalized spacial score (nSPS) is 10.4. The molecule has 0 heterocycles. The van der Waals surface area contributed by atoms with Crippen molar-refractivity contribution in [3.05, 3.63) is 70.5 Å². The van der Waals surface area contributed by atoms with E-state index in [0.717, 1.165) is 11.1 Å². The summed E-state index contributed by atoms with van der Waals surface area (Å²) in [7, 11) is 0. The molecule has 0 saturated carbocycles. The highest BCUT2D eigenvalue weighted by Crippen LogP contribution is 2.14. The van der Waals surface area contributed by atoms with Crippen molar-refractivity contribution >= 4 is 17.5 Å². The molecule has 0 spiro atoms. The Morgan fingerprint density at radius 3 is 2.48 bits per heavy atom. The van der Waals surface area contributed by atoms with Gasteiger partial charge in [-0.05, 0) is 42.3 Å². The van der Waals surface area contributed by atoms with Crippen LogP contribution in [0.15, 0.2) is 48.5 Å². The molecule has 2 rings (SSSR count). The first-order valence-corrected chi connectivity index (χ1v) is 7.23. The quantitative estimate of drug-likeness (QED) is 0.815. The van der Waals surface area contributed by atoms with E-state index in [9.17, 15) is 9.18 Å². The van der Waals surface area contributed by atoms with Gasteiger partial charge in [-0.25, -0.2) is 4.39 Å². The van der Waals surface area contributed by atoms with Crippen molar-refractivity contribution in [2.45, 2.75) is 19.9 Å². The van der Waals surface area contributed by atoms with Crippen LogP contribution in [0.25, 0.3) is 0 Å². The summed E-state index contributed by atoms with van der Waals surface area (Å²) in [5.41, 5.74) is 1.81. The van der Waals surface area contributed by atoms with Crippen LogP contribution in [0.2, 0.25) is 5.02 Å². The Labute approximate surface area is 129 Å². The Morgan fingerprint density at radius 2 is 1.86 bits per heavy atom. The largest absolute Gasteiger partial charge is 0.338 e. The maximum atomic E-state index is 12.9. The number of likely N-dealkylation sites (N-methyl/N-ethyl adjacent to an activating group) is 1. The molecule has 4 heteroatoms. The third-order valence-electron chi connectivity index (χ3n) is 3.27. The highest BCUT2D eigenvalue weighted by Gasteiger charge is 2.13. The summed E-state index contributed by atoms with van der Waals surface area (Å²) >= 11 is 5.96. The molecule has 0 radical (unpaired) electrons. The second kappa shape index (κ2) is 7.23. The van der Waals surface area contributed by atoms with Crippen LogP contribution < -0.4 is 0 Å². The van der Waals surface area contributed by atoms with Gasteiger partial charge in [0.2, 0.25) is 5.91 Å². The number of rotatable bonds is 5. The molecule has 0 unspecified atom stereocenters. The average molecular weight is 306 g/mol. The monoisotopic (exact) mass is 305 g/mol. The predicted molar refractivity (Wildman–Crippen MR) is 82.6 cm³/mol. The molecule has 21 heavy (non-hydrogen) atoms. The number of halogens is 2. The highest BCUT2D eigenvalue weighted by atomic mass is 35.5. The fourth-order valence-electron chi connectivity index (χ4n) is 2.12. The third-order valence-corrected chi connectivity index (χ3v) is 3.50. The molecule has 0 aliphatic rings. The SMILES string of the molecule is CCN(Cc1cccc(Cl)c1)C(=O)Cc1ccc(F)cc1. The smallest absolute Gasteiger partial charge is 0.227 e. The number of carbonyl (C=O) groups is 1.